The third-order valence-electron chi connectivity index (χ3n) is 4.98. The molecule has 128 valence electrons. The van der Waals surface area contributed by atoms with E-state index in [1.807, 2.05) is 23.1 Å². The number of hydrogen-bond donors (Lipinski definition) is 1. The average molecular weight is 354 g/mol. The summed E-state index contributed by atoms with van der Waals surface area (Å²) in [6, 6.07) is 4.21. The maximum Gasteiger partial charge on any atom is 0.141 e. The predicted octanol–water partition coefficient (Wildman–Crippen LogP) is 1.94. The quantitative estimate of drug-likeness (QED) is 0.725. The molecular weight excluding hydrogens is 336 g/mol. The summed E-state index contributed by atoms with van der Waals surface area (Å²) < 4.78 is 14.1. The Morgan fingerprint density at radius 3 is 2.96 bits per heavy atom. The van der Waals surface area contributed by atoms with Gasteiger partial charge in [-0.15, -0.1) is 0 Å². The van der Waals surface area contributed by atoms with Gasteiger partial charge in [0.25, 0.3) is 0 Å². The van der Waals surface area contributed by atoms with E-state index in [2.05, 4.69) is 32.0 Å². The van der Waals surface area contributed by atoms with Gasteiger partial charge in [0, 0.05) is 34.8 Å². The molecule has 0 aliphatic carbocycles. The van der Waals surface area contributed by atoms with Crippen LogP contribution in [0.5, 0.6) is 0 Å². The van der Waals surface area contributed by atoms with Crippen molar-refractivity contribution in [2.75, 3.05) is 11.5 Å². The van der Waals surface area contributed by atoms with Crippen molar-refractivity contribution in [3.63, 3.8) is 0 Å². The Hall–Kier alpha value is -2.66. The van der Waals surface area contributed by atoms with E-state index in [0.717, 1.165) is 22.3 Å². The van der Waals surface area contributed by atoms with Crippen LogP contribution in [0.3, 0.4) is 0 Å². The number of aromatic nitrogens is 5. The van der Waals surface area contributed by atoms with Gasteiger partial charge >= 0.3 is 0 Å². The fraction of sp³-hybridized carbons (Fsp3) is 0.353. The second-order valence-corrected chi connectivity index (χ2v) is 9.32. The fourth-order valence-electron chi connectivity index (χ4n) is 3.42. The fourth-order valence-corrected chi connectivity index (χ4v) is 5.13. The lowest BCUT2D eigenvalue weighted by molar-refractivity contribution is 0.236. The summed E-state index contributed by atoms with van der Waals surface area (Å²) in [6.45, 7) is 0. The van der Waals surface area contributed by atoms with E-state index in [9.17, 15) is 9.47 Å². The number of nitrogens with one attached hydrogen (secondary N) is 1. The molecule has 1 saturated heterocycles. The average Bonchev–Trinajstić information content (AvgIpc) is 3.26. The Balaban J connectivity index is 1.75. The van der Waals surface area contributed by atoms with E-state index in [-0.39, 0.29) is 0 Å². The molecule has 0 atom stereocenters. The summed E-state index contributed by atoms with van der Waals surface area (Å²) in [7, 11) is -2.02. The molecule has 0 unspecified atom stereocenters. The number of nitriles is 1. The van der Waals surface area contributed by atoms with Crippen LogP contribution in [-0.2, 0) is 15.1 Å². The maximum atomic E-state index is 12.2. The molecule has 0 bridgehead atoms. The number of aromatic amines is 1. The molecule has 7 nitrogen and oxygen atoms in total. The number of rotatable bonds is 3. The van der Waals surface area contributed by atoms with Crippen molar-refractivity contribution in [2.24, 2.45) is 0 Å². The van der Waals surface area contributed by atoms with Crippen LogP contribution in [0.4, 0.5) is 0 Å². The summed E-state index contributed by atoms with van der Waals surface area (Å²) in [5.41, 5.74) is 2.04. The van der Waals surface area contributed by atoms with Crippen LogP contribution in [0.15, 0.2) is 31.0 Å². The SMILES string of the molecule is C=S1(=O)CCC(CC#N)(n2cc(-c3ncnc4[nH]ccc34)cn2)CC1. The van der Waals surface area contributed by atoms with E-state index in [4.69, 9.17) is 0 Å². The van der Waals surface area contributed by atoms with Crippen molar-refractivity contribution in [3.05, 3.63) is 31.0 Å². The predicted molar refractivity (Wildman–Crippen MR) is 97.5 cm³/mol. The third kappa shape index (κ3) is 2.70. The lowest BCUT2D eigenvalue weighted by atomic mass is 9.89. The van der Waals surface area contributed by atoms with Crippen molar-refractivity contribution < 1.29 is 4.21 Å². The van der Waals surface area contributed by atoms with Crippen LogP contribution in [0.2, 0.25) is 0 Å². The van der Waals surface area contributed by atoms with Gasteiger partial charge in [0.05, 0.1) is 29.9 Å². The number of fused-ring (bicyclic) bond motifs is 1. The Morgan fingerprint density at radius 1 is 1.40 bits per heavy atom. The Morgan fingerprint density at radius 2 is 2.20 bits per heavy atom. The van der Waals surface area contributed by atoms with E-state index in [1.54, 1.807) is 6.20 Å². The first-order valence-electron chi connectivity index (χ1n) is 8.06. The zero-order chi connectivity index (χ0) is 17.5. The van der Waals surface area contributed by atoms with Crippen molar-refractivity contribution in [1.82, 2.24) is 24.7 Å². The van der Waals surface area contributed by atoms with E-state index >= 15 is 0 Å². The molecule has 1 aliphatic heterocycles. The Labute approximate surface area is 145 Å². The lowest BCUT2D eigenvalue weighted by Crippen LogP contribution is -2.42. The zero-order valence-corrected chi connectivity index (χ0v) is 14.5. The standard InChI is InChI=1S/C17H18N6OS/c1-25(24)8-4-17(3-6-18,5-9-25)23-11-13(10-22-23)15-14-2-7-19-16(14)21-12-20-15/h2,7,10-12H,1,3-5,8-9H2,(H,19,20,21). The monoisotopic (exact) mass is 354 g/mol. The van der Waals surface area contributed by atoms with Crippen LogP contribution >= 0.6 is 0 Å². The molecule has 0 amide bonds. The summed E-state index contributed by atoms with van der Waals surface area (Å²) in [5.74, 6) is 4.88. The second-order valence-electron chi connectivity index (χ2n) is 6.57. The van der Waals surface area contributed by atoms with Gasteiger partial charge in [-0.1, -0.05) is 0 Å². The summed E-state index contributed by atoms with van der Waals surface area (Å²) in [6.07, 6.45) is 8.69. The molecule has 3 aromatic rings. The number of H-pyrrole nitrogens is 1. The van der Waals surface area contributed by atoms with Gasteiger partial charge in [0.1, 0.15) is 12.0 Å². The molecule has 1 N–H and O–H groups in total. The minimum absolute atomic E-state index is 0.340. The van der Waals surface area contributed by atoms with Crippen LogP contribution in [0, 0.1) is 11.3 Å². The molecule has 3 aromatic heterocycles. The molecule has 0 saturated carbocycles. The summed E-state index contributed by atoms with van der Waals surface area (Å²) >= 11 is 0. The summed E-state index contributed by atoms with van der Waals surface area (Å²) in [5, 5.41) is 14.8. The Kier molecular flexibility index (Phi) is 3.62. The highest BCUT2D eigenvalue weighted by Gasteiger charge is 2.37. The molecule has 0 radical (unpaired) electrons. The molecule has 0 aromatic carbocycles. The van der Waals surface area contributed by atoms with Gasteiger partial charge in [-0.2, -0.15) is 10.4 Å². The topological polar surface area (TPSA) is 100 Å². The Bertz CT molecular complexity index is 1060. The minimum Gasteiger partial charge on any atom is -0.346 e. The molecule has 1 aliphatic rings. The van der Waals surface area contributed by atoms with Crippen LogP contribution in [-0.4, -0.2) is 46.3 Å². The first-order chi connectivity index (χ1) is 12.0. The number of hydrogen-bond acceptors (Lipinski definition) is 5. The molecule has 0 spiro atoms. The van der Waals surface area contributed by atoms with Crippen molar-refractivity contribution in [1.29, 1.82) is 5.26 Å². The van der Waals surface area contributed by atoms with E-state index < -0.39 is 15.1 Å². The van der Waals surface area contributed by atoms with Crippen molar-refractivity contribution in [3.8, 4) is 17.3 Å². The lowest BCUT2D eigenvalue weighted by Gasteiger charge is -2.37. The first kappa shape index (κ1) is 15.8. The highest BCUT2D eigenvalue weighted by molar-refractivity contribution is 8.00. The first-order valence-corrected chi connectivity index (χ1v) is 10.1. The molecule has 8 heteroatoms. The molecule has 1 fully saturated rings. The number of nitrogens with zero attached hydrogens (tertiary/aromatic N) is 5. The van der Waals surface area contributed by atoms with Gasteiger partial charge in [-0.05, 0) is 34.3 Å². The van der Waals surface area contributed by atoms with Crippen LogP contribution < -0.4 is 0 Å². The largest absolute Gasteiger partial charge is 0.346 e. The molecule has 4 rings (SSSR count). The molecule has 4 heterocycles. The van der Waals surface area contributed by atoms with Gasteiger partial charge in [-0.3, -0.25) is 8.89 Å². The van der Waals surface area contributed by atoms with Crippen LogP contribution in [0.25, 0.3) is 22.3 Å². The van der Waals surface area contributed by atoms with Gasteiger partial charge < -0.3 is 4.98 Å². The smallest absolute Gasteiger partial charge is 0.141 e. The highest BCUT2D eigenvalue weighted by atomic mass is 32.2. The normalized spacial score (nSPS) is 26.5. The molecular formula is C17H18N6OS. The van der Waals surface area contributed by atoms with Crippen molar-refractivity contribution in [2.45, 2.75) is 24.8 Å². The van der Waals surface area contributed by atoms with Gasteiger partial charge in [0.2, 0.25) is 0 Å². The summed E-state index contributed by atoms with van der Waals surface area (Å²) in [4.78, 5) is 11.7. The van der Waals surface area contributed by atoms with E-state index in [1.165, 1.54) is 6.33 Å². The zero-order valence-electron chi connectivity index (χ0n) is 13.7. The van der Waals surface area contributed by atoms with E-state index in [0.29, 0.717) is 30.8 Å². The second kappa shape index (κ2) is 5.70. The highest BCUT2D eigenvalue weighted by Crippen LogP contribution is 2.35. The minimum atomic E-state index is -2.02. The third-order valence-corrected chi connectivity index (χ3v) is 6.88. The van der Waals surface area contributed by atoms with Crippen molar-refractivity contribution >= 4 is 26.4 Å². The van der Waals surface area contributed by atoms with Gasteiger partial charge in [-0.25, -0.2) is 9.97 Å². The van der Waals surface area contributed by atoms with Crippen LogP contribution in [0.1, 0.15) is 19.3 Å². The maximum absolute atomic E-state index is 12.2. The molecule has 25 heavy (non-hydrogen) atoms. The van der Waals surface area contributed by atoms with Gasteiger partial charge in [0.15, 0.2) is 0 Å².